The van der Waals surface area contributed by atoms with E-state index >= 15 is 0 Å². The van der Waals surface area contributed by atoms with Gasteiger partial charge < -0.3 is 20.7 Å². The molecule has 1 saturated carbocycles. The van der Waals surface area contributed by atoms with E-state index in [9.17, 15) is 9.59 Å². The van der Waals surface area contributed by atoms with Gasteiger partial charge in [-0.3, -0.25) is 9.59 Å². The second-order valence-electron chi connectivity index (χ2n) is 8.23. The van der Waals surface area contributed by atoms with Crippen LogP contribution in [-0.4, -0.2) is 41.0 Å². The van der Waals surface area contributed by atoms with Gasteiger partial charge in [-0.05, 0) is 38.5 Å². The average Bonchev–Trinajstić information content (AvgIpc) is 2.59. The molecule has 1 aliphatic rings. The largest absolute Gasteiger partial charge is 0.378 e. The molecule has 1 aromatic carbocycles. The Hall–Kier alpha value is -1.63. The van der Waals surface area contributed by atoms with E-state index < -0.39 is 11.0 Å². The number of carbonyl (C=O) groups is 2. The third-order valence-electron chi connectivity index (χ3n) is 5.83. The molecule has 1 fully saturated rings. The number of amides is 2. The van der Waals surface area contributed by atoms with E-state index in [0.29, 0.717) is 25.3 Å². The SMILES string of the molecule is CCOC1CC(N)(C(=O)Nc2ccc(CN(C(C)=O)C(C)C)cc2)C1(C)C.Cl. The first-order valence-corrected chi connectivity index (χ1v) is 9.61. The summed E-state index contributed by atoms with van der Waals surface area (Å²) in [7, 11) is 0. The van der Waals surface area contributed by atoms with Crippen molar-refractivity contribution in [3.63, 3.8) is 0 Å². The Labute approximate surface area is 174 Å². The smallest absolute Gasteiger partial charge is 0.245 e. The van der Waals surface area contributed by atoms with Crippen molar-refractivity contribution in [2.45, 2.75) is 72.2 Å². The molecule has 2 atom stereocenters. The summed E-state index contributed by atoms with van der Waals surface area (Å²) in [5.41, 5.74) is 6.76. The fourth-order valence-electron chi connectivity index (χ4n) is 3.61. The normalized spacial score (nSPS) is 22.8. The predicted octanol–water partition coefficient (Wildman–Crippen LogP) is 3.34. The van der Waals surface area contributed by atoms with Crippen LogP contribution in [0.15, 0.2) is 24.3 Å². The van der Waals surface area contributed by atoms with Gasteiger partial charge in [0.25, 0.3) is 0 Å². The quantitative estimate of drug-likeness (QED) is 0.720. The maximum Gasteiger partial charge on any atom is 0.245 e. The zero-order chi connectivity index (χ0) is 20.4. The average molecular weight is 412 g/mol. The second-order valence-corrected chi connectivity index (χ2v) is 8.23. The molecule has 0 heterocycles. The highest BCUT2D eigenvalue weighted by molar-refractivity contribution is 5.99. The number of rotatable bonds is 7. The summed E-state index contributed by atoms with van der Waals surface area (Å²) in [4.78, 5) is 26.3. The molecule has 1 aromatic rings. The first-order valence-electron chi connectivity index (χ1n) is 9.61. The van der Waals surface area contributed by atoms with Crippen molar-refractivity contribution >= 4 is 29.9 Å². The van der Waals surface area contributed by atoms with E-state index in [1.54, 1.807) is 11.8 Å². The van der Waals surface area contributed by atoms with Gasteiger partial charge in [0.15, 0.2) is 0 Å². The fraction of sp³-hybridized carbons (Fsp3) is 0.619. The van der Waals surface area contributed by atoms with E-state index in [0.717, 1.165) is 5.56 Å². The lowest BCUT2D eigenvalue weighted by Crippen LogP contribution is -2.74. The maximum absolute atomic E-state index is 12.8. The van der Waals surface area contributed by atoms with Crippen molar-refractivity contribution in [3.05, 3.63) is 29.8 Å². The Morgan fingerprint density at radius 2 is 1.86 bits per heavy atom. The van der Waals surface area contributed by atoms with Crippen LogP contribution >= 0.6 is 12.4 Å². The van der Waals surface area contributed by atoms with Crippen LogP contribution < -0.4 is 11.1 Å². The molecule has 3 N–H and O–H groups in total. The summed E-state index contributed by atoms with van der Waals surface area (Å²) >= 11 is 0. The summed E-state index contributed by atoms with van der Waals surface area (Å²) in [6.07, 6.45) is 0.508. The molecule has 0 saturated heterocycles. The van der Waals surface area contributed by atoms with Gasteiger partial charge >= 0.3 is 0 Å². The number of carbonyl (C=O) groups excluding carboxylic acids is 2. The first-order chi connectivity index (χ1) is 12.5. The Bertz CT molecular complexity index is 691. The zero-order valence-electron chi connectivity index (χ0n) is 17.7. The minimum absolute atomic E-state index is 0. The van der Waals surface area contributed by atoms with Gasteiger partial charge in [-0.25, -0.2) is 0 Å². The van der Waals surface area contributed by atoms with E-state index in [2.05, 4.69) is 5.32 Å². The van der Waals surface area contributed by atoms with Crippen molar-refractivity contribution in [1.82, 2.24) is 4.90 Å². The molecule has 0 radical (unpaired) electrons. The molecule has 0 aromatic heterocycles. The number of anilines is 1. The molecule has 2 rings (SSSR count). The molecule has 0 spiro atoms. The van der Waals surface area contributed by atoms with Crippen LogP contribution in [0.1, 0.15) is 53.5 Å². The van der Waals surface area contributed by atoms with Crippen molar-refractivity contribution in [2.24, 2.45) is 11.1 Å². The number of nitrogens with one attached hydrogen (secondary N) is 1. The lowest BCUT2D eigenvalue weighted by molar-refractivity contribution is -0.166. The number of ether oxygens (including phenoxy) is 1. The van der Waals surface area contributed by atoms with Gasteiger partial charge in [0, 0.05) is 43.6 Å². The van der Waals surface area contributed by atoms with Crippen LogP contribution in [0.25, 0.3) is 0 Å². The van der Waals surface area contributed by atoms with Crippen LogP contribution in [0.2, 0.25) is 0 Å². The van der Waals surface area contributed by atoms with Crippen molar-refractivity contribution in [3.8, 4) is 0 Å². The van der Waals surface area contributed by atoms with Gasteiger partial charge in [0.05, 0.1) is 6.10 Å². The second kappa shape index (κ2) is 9.25. The zero-order valence-corrected chi connectivity index (χ0v) is 18.6. The van der Waals surface area contributed by atoms with Gasteiger partial charge in [-0.1, -0.05) is 26.0 Å². The lowest BCUT2D eigenvalue weighted by atomic mass is 9.54. The summed E-state index contributed by atoms with van der Waals surface area (Å²) in [5, 5.41) is 2.93. The summed E-state index contributed by atoms with van der Waals surface area (Å²) in [6, 6.07) is 7.68. The molecule has 1 aliphatic carbocycles. The Balaban J connectivity index is 0.00000392. The highest BCUT2D eigenvalue weighted by Crippen LogP contribution is 2.50. The molecule has 0 aliphatic heterocycles. The van der Waals surface area contributed by atoms with Gasteiger partial charge in [-0.15, -0.1) is 12.4 Å². The van der Waals surface area contributed by atoms with Crippen LogP contribution in [0, 0.1) is 5.41 Å². The lowest BCUT2D eigenvalue weighted by Gasteiger charge is -2.57. The summed E-state index contributed by atoms with van der Waals surface area (Å²) < 4.78 is 5.69. The third-order valence-corrected chi connectivity index (χ3v) is 5.83. The molecule has 6 nitrogen and oxygen atoms in total. The Morgan fingerprint density at radius 3 is 2.29 bits per heavy atom. The van der Waals surface area contributed by atoms with E-state index in [-0.39, 0.29) is 36.4 Å². The molecular formula is C21H34ClN3O3. The van der Waals surface area contributed by atoms with Crippen molar-refractivity contribution < 1.29 is 14.3 Å². The van der Waals surface area contributed by atoms with Crippen molar-refractivity contribution in [2.75, 3.05) is 11.9 Å². The highest BCUT2D eigenvalue weighted by Gasteiger charge is 2.62. The van der Waals surface area contributed by atoms with Gasteiger partial charge in [0.2, 0.25) is 11.8 Å². The first kappa shape index (κ1) is 24.4. The number of halogens is 1. The number of hydrogen-bond acceptors (Lipinski definition) is 4. The van der Waals surface area contributed by atoms with Gasteiger partial charge in [-0.2, -0.15) is 0 Å². The van der Waals surface area contributed by atoms with Crippen LogP contribution in [0.5, 0.6) is 0 Å². The molecule has 2 amide bonds. The topological polar surface area (TPSA) is 84.7 Å². The number of benzene rings is 1. The summed E-state index contributed by atoms with van der Waals surface area (Å²) in [6.45, 7) is 12.6. The molecule has 0 bridgehead atoms. The molecule has 7 heteroatoms. The van der Waals surface area contributed by atoms with E-state index in [1.165, 1.54) is 0 Å². The van der Waals surface area contributed by atoms with Crippen LogP contribution in [0.3, 0.4) is 0 Å². The molecule has 2 unspecified atom stereocenters. The standard InChI is InChI=1S/C21H33N3O3.ClH/c1-7-27-18-12-21(22,20(18,5)6)19(26)23-17-10-8-16(9-11-17)13-24(14(2)3)15(4)25;/h8-11,14,18H,7,12-13,22H2,1-6H3,(H,23,26);1H. The minimum Gasteiger partial charge on any atom is -0.378 e. The van der Waals surface area contributed by atoms with Crippen molar-refractivity contribution in [1.29, 1.82) is 0 Å². The molecule has 158 valence electrons. The van der Waals surface area contributed by atoms with Crippen LogP contribution in [-0.2, 0) is 20.9 Å². The molecule has 28 heavy (non-hydrogen) atoms. The fourth-order valence-corrected chi connectivity index (χ4v) is 3.61. The maximum atomic E-state index is 12.8. The van der Waals surface area contributed by atoms with Gasteiger partial charge in [0.1, 0.15) is 5.54 Å². The van der Waals surface area contributed by atoms with E-state index in [1.807, 2.05) is 58.9 Å². The minimum atomic E-state index is -0.950. The Kier molecular flexibility index (Phi) is 8.06. The Morgan fingerprint density at radius 1 is 1.29 bits per heavy atom. The summed E-state index contributed by atoms with van der Waals surface area (Å²) in [5.74, 6) is -0.146. The van der Waals surface area contributed by atoms with Crippen LogP contribution in [0.4, 0.5) is 5.69 Å². The monoisotopic (exact) mass is 411 g/mol. The number of nitrogens with zero attached hydrogens (tertiary/aromatic N) is 1. The number of hydrogen-bond donors (Lipinski definition) is 2. The molecular weight excluding hydrogens is 378 g/mol. The third kappa shape index (κ3) is 4.67. The highest BCUT2D eigenvalue weighted by atomic mass is 35.5. The number of nitrogens with two attached hydrogens (primary N) is 1. The van der Waals surface area contributed by atoms with E-state index in [4.69, 9.17) is 10.5 Å². The predicted molar refractivity (Wildman–Crippen MR) is 114 cm³/mol.